The molecule has 1 aliphatic rings. The number of rotatable bonds is 0. The predicted octanol–water partition coefficient (Wildman–Crippen LogP) is 0.470. The molecule has 0 amide bonds. The van der Waals surface area contributed by atoms with Gasteiger partial charge in [0.1, 0.15) is 24.1 Å². The summed E-state index contributed by atoms with van der Waals surface area (Å²) in [7, 11) is 3.81. The van der Waals surface area contributed by atoms with Crippen LogP contribution in [0, 0.1) is 11.3 Å². The average molecular weight is 122 g/mol. The quantitative estimate of drug-likeness (QED) is 0.430. The zero-order valence-corrected chi connectivity index (χ0v) is 5.50. The van der Waals surface area contributed by atoms with Crippen molar-refractivity contribution in [1.82, 2.24) is 0 Å². The summed E-state index contributed by atoms with van der Waals surface area (Å²) in [6.45, 7) is 0. The molecule has 0 N–H and O–H groups in total. The molecular weight excluding hydrogens is 114 g/mol. The van der Waals surface area contributed by atoms with Crippen molar-refractivity contribution in [2.45, 2.75) is 0 Å². The Kier molecular flexibility index (Phi) is 1.11. The van der Waals surface area contributed by atoms with Gasteiger partial charge in [-0.3, -0.25) is 0 Å². The molecule has 0 fully saturated rings. The normalized spacial score (nSPS) is 21.2. The van der Waals surface area contributed by atoms with Crippen LogP contribution < -0.4 is 0 Å². The summed E-state index contributed by atoms with van der Waals surface area (Å²) >= 11 is 0. The molecule has 3 heteroatoms. The van der Waals surface area contributed by atoms with Crippen LogP contribution in [0.25, 0.3) is 0 Å². The van der Waals surface area contributed by atoms with E-state index >= 15 is 0 Å². The van der Waals surface area contributed by atoms with E-state index in [1.54, 1.807) is 12.4 Å². The number of nitriles is 1. The summed E-state index contributed by atoms with van der Waals surface area (Å²) in [6.07, 6.45) is 3.38. The van der Waals surface area contributed by atoms with E-state index in [1.165, 1.54) is 0 Å². The Bertz CT molecular complexity index is 217. The van der Waals surface area contributed by atoms with Crippen LogP contribution in [0.3, 0.4) is 0 Å². The highest BCUT2D eigenvalue weighted by Crippen LogP contribution is 2.09. The van der Waals surface area contributed by atoms with Crippen molar-refractivity contribution in [3.05, 3.63) is 11.8 Å². The van der Waals surface area contributed by atoms with Crippen LogP contribution >= 0.6 is 0 Å². The van der Waals surface area contributed by atoms with E-state index in [0.29, 0.717) is 10.2 Å². The Morgan fingerprint density at radius 3 is 2.56 bits per heavy atom. The molecule has 1 heterocycles. The standard InChI is InChI=1S/C6H8N3/c1-9(2)5-6(3-7)4-8-9/h4-5H,1-2H3/q+1. The molecule has 0 unspecified atom stereocenters. The van der Waals surface area contributed by atoms with Gasteiger partial charge in [0.15, 0.2) is 0 Å². The maximum atomic E-state index is 8.38. The van der Waals surface area contributed by atoms with E-state index in [9.17, 15) is 0 Å². The van der Waals surface area contributed by atoms with E-state index in [-0.39, 0.29) is 0 Å². The molecule has 0 radical (unpaired) electrons. The van der Waals surface area contributed by atoms with Gasteiger partial charge in [0.25, 0.3) is 0 Å². The first kappa shape index (κ1) is 5.99. The van der Waals surface area contributed by atoms with Crippen molar-refractivity contribution in [2.24, 2.45) is 5.10 Å². The third kappa shape index (κ3) is 1.15. The van der Waals surface area contributed by atoms with Gasteiger partial charge in [0, 0.05) is 0 Å². The van der Waals surface area contributed by atoms with Gasteiger partial charge in [-0.1, -0.05) is 5.10 Å². The van der Waals surface area contributed by atoms with Gasteiger partial charge < -0.3 is 0 Å². The predicted molar refractivity (Wildman–Crippen MR) is 34.3 cm³/mol. The molecule has 9 heavy (non-hydrogen) atoms. The monoisotopic (exact) mass is 122 g/mol. The second-order valence-electron chi connectivity index (χ2n) is 2.42. The van der Waals surface area contributed by atoms with Gasteiger partial charge in [0.2, 0.25) is 0 Å². The topological polar surface area (TPSA) is 36.1 Å². The first-order chi connectivity index (χ1) is 4.14. The molecule has 0 aromatic carbocycles. The average Bonchev–Trinajstić information content (AvgIpc) is 2.10. The molecule has 0 saturated carbocycles. The summed E-state index contributed by atoms with van der Waals surface area (Å²) in [4.78, 5) is 0. The second-order valence-corrected chi connectivity index (χ2v) is 2.42. The molecule has 1 rings (SSSR count). The van der Waals surface area contributed by atoms with Crippen LogP contribution in [0.5, 0.6) is 0 Å². The lowest BCUT2D eigenvalue weighted by Crippen LogP contribution is -2.23. The van der Waals surface area contributed by atoms with Crippen LogP contribution in [-0.2, 0) is 0 Å². The van der Waals surface area contributed by atoms with Gasteiger partial charge in [0.05, 0.1) is 14.1 Å². The van der Waals surface area contributed by atoms with E-state index in [1.807, 2.05) is 20.2 Å². The molecule has 0 spiro atoms. The molecule has 1 aliphatic heterocycles. The highest BCUT2D eigenvalue weighted by molar-refractivity contribution is 5.83. The summed E-state index contributed by atoms with van der Waals surface area (Å²) < 4.78 is 0.433. The maximum Gasteiger partial charge on any atom is 0.142 e. The summed E-state index contributed by atoms with van der Waals surface area (Å²) in [5, 5.41) is 12.4. The zero-order valence-electron chi connectivity index (χ0n) is 5.50. The van der Waals surface area contributed by atoms with Gasteiger partial charge in [-0.15, -0.1) is 0 Å². The molecular formula is C6H8N3+. The molecule has 0 aromatic heterocycles. The lowest BCUT2D eigenvalue weighted by atomic mass is 10.4. The SMILES string of the molecule is C[N+]1(C)C=C(C#N)C=N1. The smallest absolute Gasteiger partial charge is 0.142 e. The molecule has 0 aliphatic carbocycles. The molecule has 46 valence electrons. The molecule has 3 nitrogen and oxygen atoms in total. The number of quaternary nitrogens is 1. The Morgan fingerprint density at radius 1 is 1.67 bits per heavy atom. The number of hydrogen-bond acceptors (Lipinski definition) is 2. The minimum Gasteiger partial charge on any atom is -0.192 e. The van der Waals surface area contributed by atoms with Crippen molar-refractivity contribution in [3.63, 3.8) is 0 Å². The van der Waals surface area contributed by atoms with E-state index < -0.39 is 0 Å². The Labute approximate surface area is 54.1 Å². The van der Waals surface area contributed by atoms with Crippen molar-refractivity contribution >= 4 is 6.21 Å². The van der Waals surface area contributed by atoms with Crippen molar-refractivity contribution < 1.29 is 4.59 Å². The van der Waals surface area contributed by atoms with Crippen LogP contribution in [0.4, 0.5) is 0 Å². The summed E-state index contributed by atoms with van der Waals surface area (Å²) in [5.74, 6) is 0. The van der Waals surface area contributed by atoms with Crippen LogP contribution in [0.1, 0.15) is 0 Å². The zero-order chi connectivity index (χ0) is 6.91. The van der Waals surface area contributed by atoms with Gasteiger partial charge in [-0.25, -0.2) is 0 Å². The van der Waals surface area contributed by atoms with E-state index in [0.717, 1.165) is 0 Å². The summed E-state index contributed by atoms with van der Waals surface area (Å²) in [5.41, 5.74) is 0.639. The first-order valence-corrected chi connectivity index (χ1v) is 2.66. The number of hydrogen-bond donors (Lipinski definition) is 0. The lowest BCUT2D eigenvalue weighted by Gasteiger charge is -2.10. The van der Waals surface area contributed by atoms with Gasteiger partial charge in [-0.2, -0.15) is 9.85 Å². The summed E-state index contributed by atoms with van der Waals surface area (Å²) in [6, 6.07) is 2.02. The van der Waals surface area contributed by atoms with Crippen molar-refractivity contribution in [2.75, 3.05) is 14.1 Å². The molecule has 0 bridgehead atoms. The fourth-order valence-corrected chi connectivity index (χ4v) is 0.676. The fraction of sp³-hybridized carbons (Fsp3) is 0.333. The molecule has 0 atom stereocenters. The number of nitrogens with zero attached hydrogens (tertiary/aromatic N) is 3. The van der Waals surface area contributed by atoms with Gasteiger partial charge in [-0.05, 0) is 0 Å². The minimum absolute atomic E-state index is 0.433. The Hall–Kier alpha value is -1.14. The van der Waals surface area contributed by atoms with Crippen LogP contribution in [0.2, 0.25) is 0 Å². The number of allylic oxidation sites excluding steroid dienone is 1. The highest BCUT2D eigenvalue weighted by atomic mass is 15.6. The van der Waals surface area contributed by atoms with Crippen LogP contribution in [0.15, 0.2) is 16.9 Å². The highest BCUT2D eigenvalue weighted by Gasteiger charge is 2.17. The molecule has 0 saturated heterocycles. The van der Waals surface area contributed by atoms with Crippen molar-refractivity contribution in [3.8, 4) is 6.07 Å². The first-order valence-electron chi connectivity index (χ1n) is 2.66. The van der Waals surface area contributed by atoms with Crippen molar-refractivity contribution in [1.29, 1.82) is 5.26 Å². The third-order valence-electron chi connectivity index (χ3n) is 1.08. The van der Waals surface area contributed by atoms with E-state index in [2.05, 4.69) is 5.10 Å². The maximum absolute atomic E-state index is 8.38. The second kappa shape index (κ2) is 1.67. The van der Waals surface area contributed by atoms with E-state index in [4.69, 9.17) is 5.26 Å². The Morgan fingerprint density at radius 2 is 2.33 bits per heavy atom. The largest absolute Gasteiger partial charge is 0.192 e. The van der Waals surface area contributed by atoms with Gasteiger partial charge >= 0.3 is 0 Å². The molecule has 0 aromatic rings. The third-order valence-corrected chi connectivity index (χ3v) is 1.08. The Balaban J connectivity index is 2.90. The lowest BCUT2D eigenvalue weighted by molar-refractivity contribution is -0.843. The van der Waals surface area contributed by atoms with Crippen LogP contribution in [-0.4, -0.2) is 24.9 Å². The minimum atomic E-state index is 0.433. The fourth-order valence-electron chi connectivity index (χ4n) is 0.676.